The molecule has 1 aliphatic heterocycles. The van der Waals surface area contributed by atoms with E-state index >= 15 is 0 Å². The molecule has 1 heterocycles. The SMILES string of the molecule is C#CC(O)C1CCCOC1. The molecular weight excluding hydrogens is 128 g/mol. The molecule has 10 heavy (non-hydrogen) atoms. The van der Waals surface area contributed by atoms with E-state index < -0.39 is 6.10 Å². The van der Waals surface area contributed by atoms with Crippen molar-refractivity contribution < 1.29 is 9.84 Å². The van der Waals surface area contributed by atoms with Gasteiger partial charge in [-0.05, 0) is 12.8 Å². The van der Waals surface area contributed by atoms with Crippen molar-refractivity contribution in [1.82, 2.24) is 0 Å². The van der Waals surface area contributed by atoms with Gasteiger partial charge in [0.15, 0.2) is 0 Å². The molecule has 0 bridgehead atoms. The van der Waals surface area contributed by atoms with Crippen LogP contribution in [0.4, 0.5) is 0 Å². The van der Waals surface area contributed by atoms with Gasteiger partial charge in [-0.1, -0.05) is 5.92 Å². The molecule has 0 aromatic heterocycles. The second kappa shape index (κ2) is 3.60. The summed E-state index contributed by atoms with van der Waals surface area (Å²) in [5, 5.41) is 9.17. The van der Waals surface area contributed by atoms with Crippen molar-refractivity contribution in [2.75, 3.05) is 13.2 Å². The predicted octanol–water partition coefficient (Wildman–Crippen LogP) is 0.407. The molecule has 1 aliphatic rings. The van der Waals surface area contributed by atoms with Crippen LogP contribution in [0.5, 0.6) is 0 Å². The van der Waals surface area contributed by atoms with Gasteiger partial charge in [0.1, 0.15) is 6.10 Å². The molecule has 2 nitrogen and oxygen atoms in total. The van der Waals surface area contributed by atoms with Crippen LogP contribution in [0.2, 0.25) is 0 Å². The number of hydrogen-bond donors (Lipinski definition) is 1. The van der Waals surface area contributed by atoms with Crippen molar-refractivity contribution in [3.8, 4) is 12.3 Å². The molecular formula is C8H12O2. The second-order valence-electron chi connectivity index (χ2n) is 2.59. The number of aliphatic hydroxyl groups is 1. The highest BCUT2D eigenvalue weighted by molar-refractivity contribution is 4.97. The summed E-state index contributed by atoms with van der Waals surface area (Å²) in [5.74, 6) is 2.48. The van der Waals surface area contributed by atoms with Crippen LogP contribution >= 0.6 is 0 Å². The lowest BCUT2D eigenvalue weighted by Crippen LogP contribution is -2.27. The zero-order valence-electron chi connectivity index (χ0n) is 5.92. The molecule has 2 heteroatoms. The first kappa shape index (κ1) is 7.59. The molecule has 1 rings (SSSR count). The fraction of sp³-hybridized carbons (Fsp3) is 0.750. The van der Waals surface area contributed by atoms with E-state index in [2.05, 4.69) is 5.92 Å². The number of aliphatic hydroxyl groups excluding tert-OH is 1. The van der Waals surface area contributed by atoms with E-state index in [1.165, 1.54) is 0 Å². The van der Waals surface area contributed by atoms with Gasteiger partial charge in [0.2, 0.25) is 0 Å². The molecule has 0 aromatic carbocycles. The Labute approximate surface area is 61.2 Å². The Morgan fingerprint density at radius 3 is 3.00 bits per heavy atom. The van der Waals surface area contributed by atoms with Crippen LogP contribution in [-0.2, 0) is 4.74 Å². The van der Waals surface area contributed by atoms with Crippen molar-refractivity contribution in [1.29, 1.82) is 0 Å². The Morgan fingerprint density at radius 1 is 1.70 bits per heavy atom. The topological polar surface area (TPSA) is 29.5 Å². The minimum Gasteiger partial charge on any atom is -0.381 e. The number of terminal acetylenes is 1. The average Bonchev–Trinajstić information content (AvgIpc) is 2.05. The molecule has 56 valence electrons. The van der Waals surface area contributed by atoms with Crippen molar-refractivity contribution >= 4 is 0 Å². The van der Waals surface area contributed by atoms with E-state index in [0.29, 0.717) is 6.61 Å². The van der Waals surface area contributed by atoms with Gasteiger partial charge >= 0.3 is 0 Å². The first-order chi connectivity index (χ1) is 4.84. The minimum atomic E-state index is -0.611. The maximum atomic E-state index is 9.17. The highest BCUT2D eigenvalue weighted by Gasteiger charge is 2.19. The zero-order valence-corrected chi connectivity index (χ0v) is 5.92. The summed E-state index contributed by atoms with van der Waals surface area (Å²) < 4.78 is 5.15. The number of rotatable bonds is 1. The average molecular weight is 140 g/mol. The molecule has 1 fully saturated rings. The van der Waals surface area contributed by atoms with Crippen LogP contribution in [0.1, 0.15) is 12.8 Å². The van der Waals surface area contributed by atoms with Crippen LogP contribution in [-0.4, -0.2) is 24.4 Å². The fourth-order valence-electron chi connectivity index (χ4n) is 1.15. The molecule has 0 saturated carbocycles. The van der Waals surface area contributed by atoms with Gasteiger partial charge in [-0.25, -0.2) is 0 Å². The Hall–Kier alpha value is -0.520. The summed E-state index contributed by atoms with van der Waals surface area (Å²) in [6.07, 6.45) is 6.45. The Morgan fingerprint density at radius 2 is 2.50 bits per heavy atom. The Kier molecular flexibility index (Phi) is 2.73. The monoisotopic (exact) mass is 140 g/mol. The van der Waals surface area contributed by atoms with Crippen LogP contribution in [0, 0.1) is 18.3 Å². The van der Waals surface area contributed by atoms with Gasteiger partial charge in [0.25, 0.3) is 0 Å². The van der Waals surface area contributed by atoms with E-state index in [4.69, 9.17) is 16.3 Å². The van der Waals surface area contributed by atoms with Gasteiger partial charge in [-0.2, -0.15) is 0 Å². The maximum absolute atomic E-state index is 9.17. The van der Waals surface area contributed by atoms with Gasteiger partial charge < -0.3 is 9.84 Å². The van der Waals surface area contributed by atoms with Crippen LogP contribution < -0.4 is 0 Å². The van der Waals surface area contributed by atoms with Crippen LogP contribution in [0.3, 0.4) is 0 Å². The summed E-state index contributed by atoms with van der Waals surface area (Å²) in [7, 11) is 0. The predicted molar refractivity (Wildman–Crippen MR) is 38.4 cm³/mol. The minimum absolute atomic E-state index is 0.166. The van der Waals surface area contributed by atoms with Crippen molar-refractivity contribution in [3.63, 3.8) is 0 Å². The smallest absolute Gasteiger partial charge is 0.119 e. The van der Waals surface area contributed by atoms with Gasteiger partial charge in [-0.3, -0.25) is 0 Å². The maximum Gasteiger partial charge on any atom is 0.119 e. The standard InChI is InChI=1S/C8H12O2/c1-2-8(9)7-4-3-5-10-6-7/h1,7-9H,3-6H2. The van der Waals surface area contributed by atoms with Gasteiger partial charge in [0.05, 0.1) is 6.61 Å². The Bertz CT molecular complexity index is 131. The van der Waals surface area contributed by atoms with E-state index in [9.17, 15) is 0 Å². The van der Waals surface area contributed by atoms with Crippen LogP contribution in [0.25, 0.3) is 0 Å². The number of ether oxygens (including phenoxy) is 1. The molecule has 0 spiro atoms. The lowest BCUT2D eigenvalue weighted by Gasteiger charge is -2.23. The third-order valence-electron chi connectivity index (χ3n) is 1.81. The molecule has 0 aliphatic carbocycles. The normalized spacial score (nSPS) is 29.0. The van der Waals surface area contributed by atoms with Crippen molar-refractivity contribution in [2.45, 2.75) is 18.9 Å². The fourth-order valence-corrected chi connectivity index (χ4v) is 1.15. The molecule has 2 unspecified atom stereocenters. The third-order valence-corrected chi connectivity index (χ3v) is 1.81. The molecule has 0 amide bonds. The lowest BCUT2D eigenvalue weighted by atomic mass is 9.97. The van der Waals surface area contributed by atoms with E-state index in [0.717, 1.165) is 19.4 Å². The highest BCUT2D eigenvalue weighted by Crippen LogP contribution is 2.16. The first-order valence-electron chi connectivity index (χ1n) is 3.56. The summed E-state index contributed by atoms with van der Waals surface area (Å²) in [6, 6.07) is 0. The molecule has 0 aromatic rings. The highest BCUT2D eigenvalue weighted by atomic mass is 16.5. The zero-order chi connectivity index (χ0) is 7.40. The largest absolute Gasteiger partial charge is 0.381 e. The summed E-state index contributed by atoms with van der Waals surface area (Å²) in [4.78, 5) is 0. The van der Waals surface area contributed by atoms with E-state index in [1.807, 2.05) is 0 Å². The quantitative estimate of drug-likeness (QED) is 0.534. The summed E-state index contributed by atoms with van der Waals surface area (Å²) >= 11 is 0. The molecule has 0 radical (unpaired) electrons. The third kappa shape index (κ3) is 1.73. The lowest BCUT2D eigenvalue weighted by molar-refractivity contribution is 0.0110. The molecule has 1 saturated heterocycles. The second-order valence-corrected chi connectivity index (χ2v) is 2.59. The number of hydrogen-bond acceptors (Lipinski definition) is 2. The molecule has 2 atom stereocenters. The van der Waals surface area contributed by atoms with Crippen LogP contribution in [0.15, 0.2) is 0 Å². The van der Waals surface area contributed by atoms with Crippen molar-refractivity contribution in [3.05, 3.63) is 0 Å². The van der Waals surface area contributed by atoms with E-state index in [1.54, 1.807) is 0 Å². The Balaban J connectivity index is 2.33. The molecule has 1 N–H and O–H groups in total. The summed E-state index contributed by atoms with van der Waals surface area (Å²) in [5.41, 5.74) is 0. The van der Waals surface area contributed by atoms with Gasteiger partial charge in [0, 0.05) is 12.5 Å². The summed E-state index contributed by atoms with van der Waals surface area (Å²) in [6.45, 7) is 1.43. The van der Waals surface area contributed by atoms with Crippen molar-refractivity contribution in [2.24, 2.45) is 5.92 Å². The first-order valence-corrected chi connectivity index (χ1v) is 3.56. The van der Waals surface area contributed by atoms with E-state index in [-0.39, 0.29) is 5.92 Å². The van der Waals surface area contributed by atoms with Gasteiger partial charge in [-0.15, -0.1) is 6.42 Å².